The molecule has 110 valence electrons. The van der Waals surface area contributed by atoms with Gasteiger partial charge in [0.15, 0.2) is 0 Å². The van der Waals surface area contributed by atoms with Gasteiger partial charge in [0, 0.05) is 11.1 Å². The fourth-order valence-electron chi connectivity index (χ4n) is 2.07. The van der Waals surface area contributed by atoms with Crippen molar-refractivity contribution in [1.29, 1.82) is 0 Å². The topological polar surface area (TPSA) is 66.4 Å². The van der Waals surface area contributed by atoms with Crippen molar-refractivity contribution in [3.05, 3.63) is 51.7 Å². The molecule has 5 heteroatoms. The summed E-state index contributed by atoms with van der Waals surface area (Å²) in [5, 5.41) is 15.4. The molecule has 0 aliphatic rings. The molecule has 2 rings (SSSR count). The van der Waals surface area contributed by atoms with E-state index in [2.05, 4.69) is 5.32 Å². The molecule has 21 heavy (non-hydrogen) atoms. The number of rotatable bonds is 5. The van der Waals surface area contributed by atoms with Crippen LogP contribution >= 0.6 is 11.3 Å². The number of carboxylic acid groups (broad SMARTS) is 1. The summed E-state index contributed by atoms with van der Waals surface area (Å²) in [6, 6.07) is 7.30. The van der Waals surface area contributed by atoms with Crippen LogP contribution in [0, 0.1) is 6.92 Å². The number of hydrogen-bond acceptors (Lipinski definition) is 3. The lowest BCUT2D eigenvalue weighted by Crippen LogP contribution is -2.12. The van der Waals surface area contributed by atoms with Crippen LogP contribution in [0.2, 0.25) is 0 Å². The maximum atomic E-state index is 12.1. The minimum absolute atomic E-state index is 0.0497. The predicted molar refractivity (Wildman–Crippen MR) is 84.1 cm³/mol. The Bertz CT molecular complexity index is 646. The molecule has 1 aromatic carbocycles. The van der Waals surface area contributed by atoms with Gasteiger partial charge in [0.1, 0.15) is 0 Å². The van der Waals surface area contributed by atoms with Crippen LogP contribution < -0.4 is 5.32 Å². The molecule has 2 N–H and O–H groups in total. The first-order valence-corrected chi connectivity index (χ1v) is 7.57. The Morgan fingerprint density at radius 2 is 1.90 bits per heavy atom. The van der Waals surface area contributed by atoms with E-state index in [9.17, 15) is 9.59 Å². The van der Waals surface area contributed by atoms with Gasteiger partial charge in [-0.25, -0.2) is 0 Å². The van der Waals surface area contributed by atoms with Crippen molar-refractivity contribution in [2.45, 2.75) is 26.2 Å². The van der Waals surface area contributed by atoms with Crippen molar-refractivity contribution >= 4 is 28.9 Å². The van der Waals surface area contributed by atoms with E-state index in [0.717, 1.165) is 11.1 Å². The number of amides is 1. The van der Waals surface area contributed by atoms with Crippen LogP contribution in [0.5, 0.6) is 0 Å². The monoisotopic (exact) mass is 303 g/mol. The van der Waals surface area contributed by atoms with E-state index in [-0.39, 0.29) is 18.2 Å². The quantitative estimate of drug-likeness (QED) is 0.880. The van der Waals surface area contributed by atoms with Gasteiger partial charge in [-0.2, -0.15) is 11.3 Å². The smallest absolute Gasteiger partial charge is 0.303 e. The van der Waals surface area contributed by atoms with Crippen molar-refractivity contribution in [2.24, 2.45) is 0 Å². The molecule has 0 bridgehead atoms. The van der Waals surface area contributed by atoms with E-state index in [1.165, 1.54) is 11.3 Å². The second-order valence-electron chi connectivity index (χ2n) is 5.04. The van der Waals surface area contributed by atoms with E-state index in [0.29, 0.717) is 11.3 Å². The van der Waals surface area contributed by atoms with Crippen molar-refractivity contribution in [3.63, 3.8) is 0 Å². The summed E-state index contributed by atoms with van der Waals surface area (Å²) in [6.45, 7) is 3.78. The summed E-state index contributed by atoms with van der Waals surface area (Å²) in [5.41, 5.74) is 3.30. The summed E-state index contributed by atoms with van der Waals surface area (Å²) in [7, 11) is 0. The summed E-state index contributed by atoms with van der Waals surface area (Å²) in [5.74, 6) is -0.987. The molecule has 0 aliphatic carbocycles. The van der Waals surface area contributed by atoms with Gasteiger partial charge in [-0.15, -0.1) is 0 Å². The largest absolute Gasteiger partial charge is 0.481 e. The Kier molecular flexibility index (Phi) is 4.75. The van der Waals surface area contributed by atoms with Gasteiger partial charge >= 0.3 is 5.97 Å². The van der Waals surface area contributed by atoms with Crippen molar-refractivity contribution in [2.75, 3.05) is 5.32 Å². The fraction of sp³-hybridized carbons (Fsp3) is 0.250. The predicted octanol–water partition coefficient (Wildman–Crippen LogP) is 3.89. The standard InChI is InChI=1S/C16H17NO3S/c1-10(7-15(18)19)12-3-5-13(6-4-12)17-16(20)14-9-21-8-11(14)2/h3-6,8-10H,7H2,1-2H3,(H,17,20)(H,18,19). The first kappa shape index (κ1) is 15.3. The second kappa shape index (κ2) is 6.54. The third-order valence-corrected chi connectivity index (χ3v) is 4.18. The van der Waals surface area contributed by atoms with E-state index in [1.54, 1.807) is 12.1 Å². The molecule has 0 spiro atoms. The van der Waals surface area contributed by atoms with Gasteiger partial charge < -0.3 is 10.4 Å². The van der Waals surface area contributed by atoms with Crippen molar-refractivity contribution in [3.8, 4) is 0 Å². The molecule has 1 aromatic heterocycles. The van der Waals surface area contributed by atoms with Crippen LogP contribution in [0.15, 0.2) is 35.0 Å². The van der Waals surface area contributed by atoms with Crippen LogP contribution in [-0.4, -0.2) is 17.0 Å². The number of aryl methyl sites for hydroxylation is 1. The zero-order valence-corrected chi connectivity index (χ0v) is 12.7. The summed E-state index contributed by atoms with van der Waals surface area (Å²) in [6.07, 6.45) is 0.0970. The number of carboxylic acids is 1. The number of carbonyl (C=O) groups excluding carboxylic acids is 1. The molecular formula is C16H17NO3S. The molecular weight excluding hydrogens is 286 g/mol. The molecule has 1 unspecified atom stereocenters. The van der Waals surface area contributed by atoms with Crippen molar-refractivity contribution in [1.82, 2.24) is 0 Å². The lowest BCUT2D eigenvalue weighted by molar-refractivity contribution is -0.137. The fourth-order valence-corrected chi connectivity index (χ4v) is 2.89. The van der Waals surface area contributed by atoms with Gasteiger partial charge in [-0.3, -0.25) is 9.59 Å². The number of aliphatic carboxylic acids is 1. The van der Waals surface area contributed by atoms with Crippen LogP contribution in [0.25, 0.3) is 0 Å². The summed E-state index contributed by atoms with van der Waals surface area (Å²) < 4.78 is 0. The van der Waals surface area contributed by atoms with E-state index in [1.807, 2.05) is 36.7 Å². The SMILES string of the molecule is Cc1cscc1C(=O)Nc1ccc(C(C)CC(=O)O)cc1. The third kappa shape index (κ3) is 3.92. The lowest BCUT2D eigenvalue weighted by Gasteiger charge is -2.10. The number of nitrogens with one attached hydrogen (secondary N) is 1. The normalized spacial score (nSPS) is 11.9. The summed E-state index contributed by atoms with van der Waals surface area (Å²) in [4.78, 5) is 22.8. The first-order valence-electron chi connectivity index (χ1n) is 6.63. The van der Waals surface area contributed by atoms with Gasteiger partial charge in [-0.05, 0) is 41.5 Å². The average molecular weight is 303 g/mol. The Labute approximate surface area is 127 Å². The Morgan fingerprint density at radius 1 is 1.24 bits per heavy atom. The maximum absolute atomic E-state index is 12.1. The number of thiophene rings is 1. The number of carbonyl (C=O) groups is 2. The second-order valence-corrected chi connectivity index (χ2v) is 5.79. The highest BCUT2D eigenvalue weighted by Crippen LogP contribution is 2.22. The van der Waals surface area contributed by atoms with Crippen LogP contribution in [-0.2, 0) is 4.79 Å². The molecule has 2 aromatic rings. The zero-order chi connectivity index (χ0) is 15.4. The van der Waals surface area contributed by atoms with Gasteiger partial charge in [-0.1, -0.05) is 19.1 Å². The Hall–Kier alpha value is -2.14. The maximum Gasteiger partial charge on any atom is 0.303 e. The lowest BCUT2D eigenvalue weighted by atomic mass is 9.98. The molecule has 4 nitrogen and oxygen atoms in total. The molecule has 0 radical (unpaired) electrons. The molecule has 1 amide bonds. The van der Waals surface area contributed by atoms with Crippen molar-refractivity contribution < 1.29 is 14.7 Å². The highest BCUT2D eigenvalue weighted by Gasteiger charge is 2.12. The minimum atomic E-state index is -0.812. The highest BCUT2D eigenvalue weighted by molar-refractivity contribution is 7.08. The van der Waals surface area contributed by atoms with E-state index >= 15 is 0 Å². The van der Waals surface area contributed by atoms with Gasteiger partial charge in [0.05, 0.1) is 12.0 Å². The van der Waals surface area contributed by atoms with Crippen LogP contribution in [0.4, 0.5) is 5.69 Å². The zero-order valence-electron chi connectivity index (χ0n) is 11.9. The number of benzene rings is 1. The van der Waals surface area contributed by atoms with E-state index < -0.39 is 5.97 Å². The minimum Gasteiger partial charge on any atom is -0.481 e. The van der Waals surface area contributed by atoms with E-state index in [4.69, 9.17) is 5.11 Å². The molecule has 0 aliphatic heterocycles. The van der Waals surface area contributed by atoms with Gasteiger partial charge in [0.25, 0.3) is 5.91 Å². The summed E-state index contributed by atoms with van der Waals surface area (Å²) >= 11 is 1.50. The average Bonchev–Trinajstić information content (AvgIpc) is 2.85. The molecule has 1 heterocycles. The Balaban J connectivity index is 2.04. The molecule has 0 saturated heterocycles. The third-order valence-electron chi connectivity index (χ3n) is 3.32. The molecule has 1 atom stereocenters. The molecule has 0 fully saturated rings. The number of anilines is 1. The first-order chi connectivity index (χ1) is 9.97. The van der Waals surface area contributed by atoms with Crippen LogP contribution in [0.1, 0.15) is 40.7 Å². The van der Waals surface area contributed by atoms with Crippen LogP contribution in [0.3, 0.4) is 0 Å². The number of hydrogen-bond donors (Lipinski definition) is 2. The highest BCUT2D eigenvalue weighted by atomic mass is 32.1. The van der Waals surface area contributed by atoms with Gasteiger partial charge in [0.2, 0.25) is 0 Å². The molecule has 0 saturated carbocycles. The Morgan fingerprint density at radius 3 is 2.43 bits per heavy atom.